The van der Waals surface area contributed by atoms with Crippen molar-refractivity contribution in [2.24, 2.45) is 0 Å². The van der Waals surface area contributed by atoms with Gasteiger partial charge in [0.25, 0.3) is 0 Å². The molecule has 0 radical (unpaired) electrons. The molecule has 0 heterocycles. The standard InChI is InChI=1S/C18H23ClO3/c1-3-4-5-8-13(20)12-22-18-15-10-7-6-9-14(15)17(21-2)11-16(18)19/h6-7,9-11,13,20H,3-5,8,12H2,1-2H3. The predicted octanol–water partition coefficient (Wildman–Crippen LogP) is 4.82. The van der Waals surface area contributed by atoms with E-state index >= 15 is 0 Å². The molecule has 4 heteroatoms. The molecule has 0 aliphatic carbocycles. The lowest BCUT2D eigenvalue weighted by Crippen LogP contribution is -2.17. The minimum absolute atomic E-state index is 0.250. The highest BCUT2D eigenvalue weighted by Gasteiger charge is 2.14. The summed E-state index contributed by atoms with van der Waals surface area (Å²) in [4.78, 5) is 0. The molecule has 0 fully saturated rings. The third-order valence-corrected chi connectivity index (χ3v) is 3.97. The number of fused-ring (bicyclic) bond motifs is 1. The van der Waals surface area contributed by atoms with Crippen molar-refractivity contribution in [2.75, 3.05) is 13.7 Å². The Hall–Kier alpha value is -1.45. The Morgan fingerprint density at radius 2 is 1.91 bits per heavy atom. The van der Waals surface area contributed by atoms with Crippen LogP contribution in [0.3, 0.4) is 0 Å². The molecule has 2 aromatic carbocycles. The molecule has 0 spiro atoms. The summed E-state index contributed by atoms with van der Waals surface area (Å²) in [5, 5.41) is 12.3. The number of aliphatic hydroxyl groups is 1. The van der Waals surface area contributed by atoms with Gasteiger partial charge in [0.1, 0.15) is 18.1 Å². The maximum Gasteiger partial charge on any atom is 0.146 e. The van der Waals surface area contributed by atoms with Crippen LogP contribution in [-0.2, 0) is 0 Å². The van der Waals surface area contributed by atoms with Gasteiger partial charge in [0.15, 0.2) is 0 Å². The highest BCUT2D eigenvalue weighted by atomic mass is 35.5. The van der Waals surface area contributed by atoms with Crippen molar-refractivity contribution in [1.82, 2.24) is 0 Å². The van der Waals surface area contributed by atoms with Gasteiger partial charge in [0.2, 0.25) is 0 Å². The molecule has 0 saturated carbocycles. The summed E-state index contributed by atoms with van der Waals surface area (Å²) in [5.74, 6) is 1.32. The fraction of sp³-hybridized carbons (Fsp3) is 0.444. The highest BCUT2D eigenvalue weighted by molar-refractivity contribution is 6.33. The van der Waals surface area contributed by atoms with Gasteiger partial charge in [0.05, 0.1) is 18.2 Å². The van der Waals surface area contributed by atoms with E-state index in [0.717, 1.165) is 42.2 Å². The lowest BCUT2D eigenvalue weighted by atomic mass is 10.1. The monoisotopic (exact) mass is 322 g/mol. The molecule has 0 bridgehead atoms. The van der Waals surface area contributed by atoms with Gasteiger partial charge in [-0.3, -0.25) is 0 Å². The number of ether oxygens (including phenoxy) is 2. The Labute approximate surface area is 136 Å². The predicted molar refractivity (Wildman–Crippen MR) is 91.2 cm³/mol. The molecule has 0 saturated heterocycles. The molecule has 22 heavy (non-hydrogen) atoms. The second-order valence-electron chi connectivity index (χ2n) is 5.40. The fourth-order valence-electron chi connectivity index (χ4n) is 2.49. The minimum Gasteiger partial charge on any atom is -0.496 e. The van der Waals surface area contributed by atoms with Crippen molar-refractivity contribution in [3.8, 4) is 11.5 Å². The van der Waals surface area contributed by atoms with Crippen molar-refractivity contribution in [3.05, 3.63) is 35.4 Å². The van der Waals surface area contributed by atoms with Gasteiger partial charge < -0.3 is 14.6 Å². The minimum atomic E-state index is -0.469. The van der Waals surface area contributed by atoms with Crippen LogP contribution in [0.5, 0.6) is 11.5 Å². The number of methoxy groups -OCH3 is 1. The molecule has 120 valence electrons. The van der Waals surface area contributed by atoms with E-state index in [-0.39, 0.29) is 6.61 Å². The molecule has 0 aliphatic heterocycles. The van der Waals surface area contributed by atoms with Crippen molar-refractivity contribution in [3.63, 3.8) is 0 Å². The van der Waals surface area contributed by atoms with Crippen LogP contribution in [0.2, 0.25) is 5.02 Å². The number of unbranched alkanes of at least 4 members (excludes halogenated alkanes) is 2. The van der Waals surface area contributed by atoms with E-state index in [0.29, 0.717) is 10.8 Å². The number of rotatable bonds is 8. The quantitative estimate of drug-likeness (QED) is 0.708. The smallest absolute Gasteiger partial charge is 0.146 e. The summed E-state index contributed by atoms with van der Waals surface area (Å²) in [6.45, 7) is 2.39. The number of aliphatic hydroxyl groups excluding tert-OH is 1. The first kappa shape index (κ1) is 16.9. The van der Waals surface area contributed by atoms with E-state index in [1.807, 2.05) is 24.3 Å². The van der Waals surface area contributed by atoms with Crippen LogP contribution in [0.25, 0.3) is 10.8 Å². The zero-order chi connectivity index (χ0) is 15.9. The normalized spacial score (nSPS) is 12.4. The van der Waals surface area contributed by atoms with Crippen molar-refractivity contribution in [2.45, 2.75) is 38.7 Å². The molecule has 2 rings (SSSR count). The summed E-state index contributed by atoms with van der Waals surface area (Å²) in [6.07, 6.45) is 3.56. The highest BCUT2D eigenvalue weighted by Crippen LogP contribution is 2.39. The van der Waals surface area contributed by atoms with E-state index in [1.54, 1.807) is 13.2 Å². The summed E-state index contributed by atoms with van der Waals surface area (Å²) in [6, 6.07) is 9.55. The van der Waals surface area contributed by atoms with Gasteiger partial charge in [-0.15, -0.1) is 0 Å². The van der Waals surface area contributed by atoms with E-state index in [4.69, 9.17) is 21.1 Å². The van der Waals surface area contributed by atoms with Crippen LogP contribution in [-0.4, -0.2) is 24.9 Å². The molecule has 3 nitrogen and oxygen atoms in total. The Kier molecular flexibility index (Phi) is 6.34. The summed E-state index contributed by atoms with van der Waals surface area (Å²) in [7, 11) is 1.62. The molecule has 2 aromatic rings. The van der Waals surface area contributed by atoms with E-state index in [1.165, 1.54) is 0 Å². The van der Waals surface area contributed by atoms with Crippen molar-refractivity contribution < 1.29 is 14.6 Å². The molecule has 0 aromatic heterocycles. The summed E-state index contributed by atoms with van der Waals surface area (Å²) >= 11 is 6.31. The van der Waals surface area contributed by atoms with E-state index in [2.05, 4.69) is 6.92 Å². The molecule has 1 unspecified atom stereocenters. The Balaban J connectivity index is 2.15. The van der Waals surface area contributed by atoms with Crippen LogP contribution >= 0.6 is 11.6 Å². The first-order chi connectivity index (χ1) is 10.7. The maximum absolute atomic E-state index is 10.0. The zero-order valence-corrected chi connectivity index (χ0v) is 13.9. The van der Waals surface area contributed by atoms with Crippen LogP contribution in [0.4, 0.5) is 0 Å². The second-order valence-corrected chi connectivity index (χ2v) is 5.80. The van der Waals surface area contributed by atoms with Crippen molar-refractivity contribution in [1.29, 1.82) is 0 Å². The molecular weight excluding hydrogens is 300 g/mol. The molecule has 1 atom stereocenters. The first-order valence-electron chi connectivity index (χ1n) is 7.73. The molecule has 0 amide bonds. The lowest BCUT2D eigenvalue weighted by molar-refractivity contribution is 0.0984. The van der Waals surface area contributed by atoms with E-state index in [9.17, 15) is 5.11 Å². The van der Waals surface area contributed by atoms with Crippen LogP contribution < -0.4 is 9.47 Å². The average Bonchev–Trinajstić information content (AvgIpc) is 2.53. The van der Waals surface area contributed by atoms with Gasteiger partial charge in [-0.25, -0.2) is 0 Å². The largest absolute Gasteiger partial charge is 0.496 e. The maximum atomic E-state index is 10.0. The lowest BCUT2D eigenvalue weighted by Gasteiger charge is -2.16. The number of benzene rings is 2. The van der Waals surface area contributed by atoms with Crippen LogP contribution in [0.1, 0.15) is 32.6 Å². The van der Waals surface area contributed by atoms with Gasteiger partial charge in [0, 0.05) is 16.8 Å². The summed E-state index contributed by atoms with van der Waals surface area (Å²) < 4.78 is 11.2. The first-order valence-corrected chi connectivity index (χ1v) is 8.11. The van der Waals surface area contributed by atoms with Crippen molar-refractivity contribution >= 4 is 22.4 Å². The SMILES string of the molecule is CCCCCC(O)COc1c(Cl)cc(OC)c2ccccc12. The molecule has 0 aliphatic rings. The average molecular weight is 323 g/mol. The Bertz CT molecular complexity index is 613. The van der Waals surface area contributed by atoms with Gasteiger partial charge in [-0.1, -0.05) is 62.1 Å². The third-order valence-electron chi connectivity index (χ3n) is 3.69. The van der Waals surface area contributed by atoms with Crippen LogP contribution in [0.15, 0.2) is 30.3 Å². The third kappa shape index (κ3) is 4.05. The van der Waals surface area contributed by atoms with Gasteiger partial charge in [-0.2, -0.15) is 0 Å². The molecular formula is C18H23ClO3. The Morgan fingerprint density at radius 1 is 1.18 bits per heavy atom. The van der Waals surface area contributed by atoms with Gasteiger partial charge in [-0.05, 0) is 6.42 Å². The number of halogens is 1. The zero-order valence-electron chi connectivity index (χ0n) is 13.1. The number of hydrogen-bond donors (Lipinski definition) is 1. The van der Waals surface area contributed by atoms with Gasteiger partial charge >= 0.3 is 0 Å². The molecule has 1 N–H and O–H groups in total. The second kappa shape index (κ2) is 8.25. The topological polar surface area (TPSA) is 38.7 Å². The van der Waals surface area contributed by atoms with Crippen LogP contribution in [0, 0.1) is 0 Å². The number of hydrogen-bond acceptors (Lipinski definition) is 3. The summed E-state index contributed by atoms with van der Waals surface area (Å²) in [5.41, 5.74) is 0. The Morgan fingerprint density at radius 3 is 2.59 bits per heavy atom. The van der Waals surface area contributed by atoms with E-state index < -0.39 is 6.10 Å². The fourth-order valence-corrected chi connectivity index (χ4v) is 2.75.